The molecular weight excluding hydrogens is 264 g/mol. The first-order valence-electron chi connectivity index (χ1n) is 6.39. The molecule has 0 radical (unpaired) electrons. The summed E-state index contributed by atoms with van der Waals surface area (Å²) < 4.78 is 5.43. The lowest BCUT2D eigenvalue weighted by atomic mass is 10.1. The molecule has 1 atom stereocenters. The molecule has 0 saturated carbocycles. The Bertz CT molecular complexity index is 505. The van der Waals surface area contributed by atoms with Gasteiger partial charge in [-0.05, 0) is 19.0 Å². The number of carboxylic acid groups (broad SMARTS) is 1. The summed E-state index contributed by atoms with van der Waals surface area (Å²) in [6, 6.07) is 6.22. The highest BCUT2D eigenvalue weighted by Crippen LogP contribution is 2.25. The molecule has 1 heterocycles. The summed E-state index contributed by atoms with van der Waals surface area (Å²) in [6.45, 7) is 2.10. The zero-order chi connectivity index (χ0) is 14.5. The van der Waals surface area contributed by atoms with Crippen LogP contribution in [0.15, 0.2) is 24.3 Å². The molecule has 108 valence electrons. The zero-order valence-electron chi connectivity index (χ0n) is 10.9. The summed E-state index contributed by atoms with van der Waals surface area (Å²) in [4.78, 5) is 23.2. The number of nitrogens with zero attached hydrogens (tertiary/aromatic N) is 2. The highest BCUT2D eigenvalue weighted by Gasteiger charge is 2.27. The molecule has 1 aliphatic rings. The average Bonchev–Trinajstić information content (AvgIpc) is 2.88. The second-order valence-electron chi connectivity index (χ2n) is 4.70. The second kappa shape index (κ2) is 6.33. The Kier molecular flexibility index (Phi) is 4.52. The number of carbonyl (C=O) groups is 1. The van der Waals surface area contributed by atoms with Crippen LogP contribution in [-0.2, 0) is 4.79 Å². The molecule has 1 unspecified atom stereocenters. The first-order valence-corrected chi connectivity index (χ1v) is 6.39. The molecule has 7 heteroatoms. The number of benzene rings is 1. The predicted molar refractivity (Wildman–Crippen MR) is 70.8 cm³/mol. The minimum absolute atomic E-state index is 0.0580. The van der Waals surface area contributed by atoms with E-state index in [0.717, 1.165) is 6.54 Å². The lowest BCUT2D eigenvalue weighted by molar-refractivity contribution is -0.385. The summed E-state index contributed by atoms with van der Waals surface area (Å²) in [7, 11) is 0. The van der Waals surface area contributed by atoms with E-state index in [9.17, 15) is 14.9 Å². The van der Waals surface area contributed by atoms with Crippen molar-refractivity contribution in [2.24, 2.45) is 5.92 Å². The number of nitro benzene ring substituents is 1. The van der Waals surface area contributed by atoms with E-state index in [-0.39, 0.29) is 17.4 Å². The van der Waals surface area contributed by atoms with Gasteiger partial charge in [0, 0.05) is 19.2 Å². The lowest BCUT2D eigenvalue weighted by Crippen LogP contribution is -2.27. The van der Waals surface area contributed by atoms with E-state index in [1.54, 1.807) is 18.2 Å². The summed E-state index contributed by atoms with van der Waals surface area (Å²) in [5, 5.41) is 19.7. The Labute approximate surface area is 115 Å². The monoisotopic (exact) mass is 280 g/mol. The number of carboxylic acids is 1. The Morgan fingerprint density at radius 1 is 1.50 bits per heavy atom. The van der Waals surface area contributed by atoms with Crippen molar-refractivity contribution in [1.29, 1.82) is 0 Å². The van der Waals surface area contributed by atoms with Gasteiger partial charge in [-0.2, -0.15) is 0 Å². The molecule has 1 aromatic rings. The van der Waals surface area contributed by atoms with Gasteiger partial charge >= 0.3 is 11.7 Å². The van der Waals surface area contributed by atoms with Gasteiger partial charge in [0.05, 0.1) is 10.8 Å². The van der Waals surface area contributed by atoms with E-state index < -0.39 is 10.9 Å². The molecule has 1 fully saturated rings. The Morgan fingerprint density at radius 3 is 2.90 bits per heavy atom. The maximum absolute atomic E-state index is 10.8. The Hall–Kier alpha value is -2.15. The predicted octanol–water partition coefficient (Wildman–Crippen LogP) is 1.38. The van der Waals surface area contributed by atoms with Crippen molar-refractivity contribution in [2.45, 2.75) is 6.42 Å². The van der Waals surface area contributed by atoms with Crippen molar-refractivity contribution in [3.05, 3.63) is 34.4 Å². The minimum Gasteiger partial charge on any atom is -0.485 e. The summed E-state index contributed by atoms with van der Waals surface area (Å²) in [5.74, 6) is -0.848. The van der Waals surface area contributed by atoms with Gasteiger partial charge in [0.25, 0.3) is 0 Å². The van der Waals surface area contributed by atoms with Crippen molar-refractivity contribution in [3.8, 4) is 5.75 Å². The van der Waals surface area contributed by atoms with Crippen LogP contribution in [0.2, 0.25) is 0 Å². The first-order chi connectivity index (χ1) is 9.58. The highest BCUT2D eigenvalue weighted by atomic mass is 16.6. The molecule has 1 saturated heterocycles. The number of ether oxygens (including phenoxy) is 1. The fourth-order valence-electron chi connectivity index (χ4n) is 2.25. The van der Waals surface area contributed by atoms with Crippen LogP contribution in [0.4, 0.5) is 5.69 Å². The third-order valence-electron chi connectivity index (χ3n) is 3.35. The summed E-state index contributed by atoms with van der Waals surface area (Å²) in [6.07, 6.45) is 0.640. The van der Waals surface area contributed by atoms with Crippen LogP contribution >= 0.6 is 0 Å². The number of nitro groups is 1. The van der Waals surface area contributed by atoms with E-state index in [4.69, 9.17) is 9.84 Å². The molecule has 0 bridgehead atoms. The molecule has 2 rings (SSSR count). The maximum atomic E-state index is 10.8. The molecule has 1 aromatic carbocycles. The largest absolute Gasteiger partial charge is 0.485 e. The van der Waals surface area contributed by atoms with Crippen LogP contribution < -0.4 is 4.74 Å². The normalized spacial score (nSPS) is 18.9. The zero-order valence-corrected chi connectivity index (χ0v) is 10.9. The molecule has 1 aliphatic heterocycles. The molecule has 0 aromatic heterocycles. The highest BCUT2D eigenvalue weighted by molar-refractivity contribution is 5.70. The fraction of sp³-hybridized carbons (Fsp3) is 0.462. The van der Waals surface area contributed by atoms with Crippen LogP contribution in [0.5, 0.6) is 5.75 Å². The van der Waals surface area contributed by atoms with Crippen molar-refractivity contribution in [3.63, 3.8) is 0 Å². The van der Waals surface area contributed by atoms with Gasteiger partial charge in [-0.3, -0.25) is 19.8 Å². The van der Waals surface area contributed by atoms with Gasteiger partial charge in [-0.15, -0.1) is 0 Å². The molecule has 0 aliphatic carbocycles. The molecule has 20 heavy (non-hydrogen) atoms. The number of hydrogen-bond donors (Lipinski definition) is 1. The van der Waals surface area contributed by atoms with E-state index in [1.807, 2.05) is 4.90 Å². The Balaban J connectivity index is 1.82. The van der Waals surface area contributed by atoms with Crippen LogP contribution in [0.3, 0.4) is 0 Å². The molecule has 7 nitrogen and oxygen atoms in total. The van der Waals surface area contributed by atoms with Crippen LogP contribution in [0.1, 0.15) is 6.42 Å². The minimum atomic E-state index is -0.771. The quantitative estimate of drug-likeness (QED) is 0.625. The number of rotatable bonds is 6. The van der Waals surface area contributed by atoms with Crippen molar-refractivity contribution >= 4 is 11.7 Å². The van der Waals surface area contributed by atoms with Crippen molar-refractivity contribution < 1.29 is 19.6 Å². The fourth-order valence-corrected chi connectivity index (χ4v) is 2.25. The van der Waals surface area contributed by atoms with Crippen molar-refractivity contribution in [1.82, 2.24) is 4.90 Å². The topological polar surface area (TPSA) is 92.9 Å². The SMILES string of the molecule is O=C(O)C1CCN(CCOc2ccccc2[N+](=O)[O-])C1. The van der Waals surface area contributed by atoms with Gasteiger partial charge in [-0.25, -0.2) is 0 Å². The third-order valence-corrected chi connectivity index (χ3v) is 3.35. The van der Waals surface area contributed by atoms with Gasteiger partial charge in [0.1, 0.15) is 6.61 Å². The number of likely N-dealkylation sites (tertiary alicyclic amines) is 1. The summed E-state index contributed by atoms with van der Waals surface area (Å²) in [5.41, 5.74) is -0.0580. The Morgan fingerprint density at radius 2 is 2.25 bits per heavy atom. The number of aliphatic carboxylic acids is 1. The van der Waals surface area contributed by atoms with Crippen molar-refractivity contribution in [2.75, 3.05) is 26.2 Å². The van der Waals surface area contributed by atoms with E-state index >= 15 is 0 Å². The van der Waals surface area contributed by atoms with Gasteiger partial charge < -0.3 is 9.84 Å². The first kappa shape index (κ1) is 14.3. The van der Waals surface area contributed by atoms with E-state index in [2.05, 4.69) is 0 Å². The van der Waals surface area contributed by atoms with Gasteiger partial charge in [0.15, 0.2) is 5.75 Å². The van der Waals surface area contributed by atoms with Gasteiger partial charge in [0.2, 0.25) is 0 Å². The second-order valence-corrected chi connectivity index (χ2v) is 4.70. The molecule has 1 N–H and O–H groups in total. The van der Waals surface area contributed by atoms with E-state index in [0.29, 0.717) is 26.1 Å². The lowest BCUT2D eigenvalue weighted by Gasteiger charge is -2.15. The molecular formula is C13H16N2O5. The number of para-hydroxylation sites is 2. The average molecular weight is 280 g/mol. The smallest absolute Gasteiger partial charge is 0.310 e. The molecule has 0 amide bonds. The molecule has 0 spiro atoms. The number of hydrogen-bond acceptors (Lipinski definition) is 5. The third kappa shape index (κ3) is 3.45. The summed E-state index contributed by atoms with van der Waals surface area (Å²) >= 11 is 0. The van der Waals surface area contributed by atoms with Crippen LogP contribution in [0.25, 0.3) is 0 Å². The van der Waals surface area contributed by atoms with Gasteiger partial charge in [-0.1, -0.05) is 12.1 Å². The van der Waals surface area contributed by atoms with Crippen LogP contribution in [0, 0.1) is 16.0 Å². The standard InChI is InChI=1S/C13H16N2O5/c16-13(17)10-5-6-14(9-10)7-8-20-12-4-2-1-3-11(12)15(18)19/h1-4,10H,5-9H2,(H,16,17). The maximum Gasteiger partial charge on any atom is 0.310 e. The van der Waals surface area contributed by atoms with Crippen LogP contribution in [-0.4, -0.2) is 47.1 Å². The van der Waals surface area contributed by atoms with E-state index in [1.165, 1.54) is 6.07 Å².